The molecule has 0 saturated carbocycles. The number of aryl methyl sites for hydroxylation is 2. The molecule has 5 nitrogen and oxygen atoms in total. The van der Waals surface area contributed by atoms with E-state index in [1.54, 1.807) is 11.8 Å². The van der Waals surface area contributed by atoms with Gasteiger partial charge in [0.1, 0.15) is 17.4 Å². The summed E-state index contributed by atoms with van der Waals surface area (Å²) >= 11 is 0. The van der Waals surface area contributed by atoms with E-state index in [4.69, 9.17) is 4.74 Å². The van der Waals surface area contributed by atoms with E-state index in [9.17, 15) is 0 Å². The largest absolute Gasteiger partial charge is 0.479 e. The molecule has 0 bridgehead atoms. The predicted molar refractivity (Wildman–Crippen MR) is 47.6 cm³/mol. The van der Waals surface area contributed by atoms with Crippen molar-refractivity contribution < 1.29 is 4.74 Å². The van der Waals surface area contributed by atoms with Gasteiger partial charge in [-0.25, -0.2) is 4.98 Å². The number of fused-ring (bicyclic) bond motifs is 1. The quantitative estimate of drug-likeness (QED) is 0.644. The molecule has 0 aliphatic heterocycles. The highest BCUT2D eigenvalue weighted by molar-refractivity contribution is 5.81. The molecule has 0 atom stereocenters. The first-order chi connectivity index (χ1) is 6.24. The van der Waals surface area contributed by atoms with Crippen molar-refractivity contribution in [3.8, 4) is 5.88 Å². The summed E-state index contributed by atoms with van der Waals surface area (Å²) in [5.74, 6) is 0.563. The van der Waals surface area contributed by atoms with Crippen molar-refractivity contribution in [2.45, 2.75) is 6.92 Å². The Hall–Kier alpha value is -1.65. The summed E-state index contributed by atoms with van der Waals surface area (Å²) in [6, 6.07) is 0. The van der Waals surface area contributed by atoms with Crippen molar-refractivity contribution in [3.05, 3.63) is 12.0 Å². The molecule has 0 aliphatic carbocycles. The highest BCUT2D eigenvalue weighted by Crippen LogP contribution is 2.21. The van der Waals surface area contributed by atoms with Gasteiger partial charge in [-0.1, -0.05) is 0 Å². The Kier molecular flexibility index (Phi) is 1.65. The molecule has 0 fully saturated rings. The standard InChI is InChI=1S/C8H10N4O/c1-5-6-7(12(2)11-5)8(13-3)10-4-9-6/h4H,1-3H3. The van der Waals surface area contributed by atoms with E-state index >= 15 is 0 Å². The third-order valence-corrected chi connectivity index (χ3v) is 1.95. The maximum atomic E-state index is 5.11. The molecule has 5 heteroatoms. The first kappa shape index (κ1) is 7.97. The van der Waals surface area contributed by atoms with Crippen LogP contribution in [-0.2, 0) is 7.05 Å². The Morgan fingerprint density at radius 2 is 2.15 bits per heavy atom. The van der Waals surface area contributed by atoms with E-state index < -0.39 is 0 Å². The van der Waals surface area contributed by atoms with E-state index in [-0.39, 0.29) is 0 Å². The number of hydrogen-bond donors (Lipinski definition) is 0. The van der Waals surface area contributed by atoms with Gasteiger partial charge in [0.15, 0.2) is 0 Å². The van der Waals surface area contributed by atoms with Crippen LogP contribution < -0.4 is 4.74 Å². The number of methoxy groups -OCH3 is 1. The molecule has 0 radical (unpaired) electrons. The van der Waals surface area contributed by atoms with Crippen LogP contribution in [0.2, 0.25) is 0 Å². The molecule has 0 unspecified atom stereocenters. The van der Waals surface area contributed by atoms with Gasteiger partial charge in [0.2, 0.25) is 5.88 Å². The van der Waals surface area contributed by atoms with Crippen LogP contribution in [0.5, 0.6) is 5.88 Å². The summed E-state index contributed by atoms with van der Waals surface area (Å²) in [6.45, 7) is 1.91. The molecular weight excluding hydrogens is 168 g/mol. The molecular formula is C8H10N4O. The van der Waals surface area contributed by atoms with Gasteiger partial charge in [-0.05, 0) is 6.92 Å². The number of rotatable bonds is 1. The second kappa shape index (κ2) is 2.69. The van der Waals surface area contributed by atoms with Crippen LogP contribution >= 0.6 is 0 Å². The lowest BCUT2D eigenvalue weighted by atomic mass is 10.3. The van der Waals surface area contributed by atoms with Crippen molar-refractivity contribution >= 4 is 11.0 Å². The normalized spacial score (nSPS) is 10.7. The molecule has 0 saturated heterocycles. The van der Waals surface area contributed by atoms with Crippen LogP contribution in [0.4, 0.5) is 0 Å². The van der Waals surface area contributed by atoms with Crippen molar-refractivity contribution in [2.75, 3.05) is 7.11 Å². The van der Waals surface area contributed by atoms with Crippen molar-refractivity contribution in [1.82, 2.24) is 19.7 Å². The number of ether oxygens (including phenoxy) is 1. The second-order valence-electron chi connectivity index (χ2n) is 2.79. The van der Waals surface area contributed by atoms with Gasteiger partial charge < -0.3 is 4.74 Å². The molecule has 0 aromatic carbocycles. The fourth-order valence-electron chi connectivity index (χ4n) is 1.39. The van der Waals surface area contributed by atoms with Gasteiger partial charge in [0, 0.05) is 7.05 Å². The zero-order valence-corrected chi connectivity index (χ0v) is 7.77. The number of nitrogens with zero attached hydrogens (tertiary/aromatic N) is 4. The Balaban J connectivity index is 2.88. The third-order valence-electron chi connectivity index (χ3n) is 1.95. The lowest BCUT2D eigenvalue weighted by molar-refractivity contribution is 0.400. The smallest absolute Gasteiger partial charge is 0.243 e. The first-order valence-electron chi connectivity index (χ1n) is 3.92. The number of hydrogen-bond acceptors (Lipinski definition) is 4. The number of aromatic nitrogens is 4. The SMILES string of the molecule is COc1ncnc2c(C)nn(C)c12. The highest BCUT2D eigenvalue weighted by atomic mass is 16.5. The Bertz CT molecular complexity index is 449. The van der Waals surface area contributed by atoms with E-state index in [2.05, 4.69) is 15.1 Å². The van der Waals surface area contributed by atoms with Crippen LogP contribution in [0, 0.1) is 6.92 Å². The summed E-state index contributed by atoms with van der Waals surface area (Å²) in [5, 5.41) is 4.23. The lowest BCUT2D eigenvalue weighted by Gasteiger charge is -1.99. The Morgan fingerprint density at radius 1 is 1.38 bits per heavy atom. The molecule has 0 amide bonds. The van der Waals surface area contributed by atoms with Crippen molar-refractivity contribution in [3.63, 3.8) is 0 Å². The molecule has 0 spiro atoms. The van der Waals surface area contributed by atoms with Gasteiger partial charge in [0.05, 0.1) is 12.8 Å². The zero-order valence-electron chi connectivity index (χ0n) is 7.77. The van der Waals surface area contributed by atoms with Crippen molar-refractivity contribution in [2.24, 2.45) is 7.05 Å². The second-order valence-corrected chi connectivity index (χ2v) is 2.79. The van der Waals surface area contributed by atoms with Crippen LogP contribution in [0.1, 0.15) is 5.69 Å². The molecule has 0 aliphatic rings. The van der Waals surface area contributed by atoms with Crippen LogP contribution in [-0.4, -0.2) is 26.9 Å². The van der Waals surface area contributed by atoms with E-state index in [0.717, 1.165) is 16.7 Å². The zero-order chi connectivity index (χ0) is 9.42. The van der Waals surface area contributed by atoms with E-state index in [0.29, 0.717) is 5.88 Å². The third kappa shape index (κ3) is 1.04. The first-order valence-corrected chi connectivity index (χ1v) is 3.92. The molecule has 2 aromatic rings. The molecule has 2 heterocycles. The summed E-state index contributed by atoms with van der Waals surface area (Å²) in [4.78, 5) is 8.14. The highest BCUT2D eigenvalue weighted by Gasteiger charge is 2.11. The topological polar surface area (TPSA) is 52.8 Å². The molecule has 0 N–H and O–H groups in total. The maximum Gasteiger partial charge on any atom is 0.243 e. The molecule has 13 heavy (non-hydrogen) atoms. The molecule has 2 rings (SSSR count). The predicted octanol–water partition coefficient (Wildman–Crippen LogP) is 0.680. The summed E-state index contributed by atoms with van der Waals surface area (Å²) < 4.78 is 6.84. The summed E-state index contributed by atoms with van der Waals surface area (Å²) in [5.41, 5.74) is 2.56. The average Bonchev–Trinajstić information content (AvgIpc) is 2.43. The van der Waals surface area contributed by atoms with Gasteiger partial charge in [-0.15, -0.1) is 0 Å². The van der Waals surface area contributed by atoms with Gasteiger partial charge >= 0.3 is 0 Å². The Morgan fingerprint density at radius 3 is 2.85 bits per heavy atom. The summed E-state index contributed by atoms with van der Waals surface area (Å²) in [7, 11) is 3.44. The average molecular weight is 178 g/mol. The monoisotopic (exact) mass is 178 g/mol. The van der Waals surface area contributed by atoms with Crippen LogP contribution in [0.25, 0.3) is 11.0 Å². The molecule has 68 valence electrons. The van der Waals surface area contributed by atoms with Gasteiger partial charge in [-0.3, -0.25) is 4.68 Å². The van der Waals surface area contributed by atoms with Crippen LogP contribution in [0.3, 0.4) is 0 Å². The minimum Gasteiger partial charge on any atom is -0.479 e. The van der Waals surface area contributed by atoms with E-state index in [1.807, 2.05) is 14.0 Å². The Labute approximate surface area is 75.4 Å². The minimum atomic E-state index is 0.563. The lowest BCUT2D eigenvalue weighted by Crippen LogP contribution is -1.95. The summed E-state index contributed by atoms with van der Waals surface area (Å²) in [6.07, 6.45) is 1.48. The van der Waals surface area contributed by atoms with Gasteiger partial charge in [-0.2, -0.15) is 10.1 Å². The van der Waals surface area contributed by atoms with Crippen molar-refractivity contribution in [1.29, 1.82) is 0 Å². The maximum absolute atomic E-state index is 5.11. The fraction of sp³-hybridized carbons (Fsp3) is 0.375. The molecule has 2 aromatic heterocycles. The minimum absolute atomic E-state index is 0.563. The fourth-order valence-corrected chi connectivity index (χ4v) is 1.39. The van der Waals surface area contributed by atoms with Crippen LogP contribution in [0.15, 0.2) is 6.33 Å². The van der Waals surface area contributed by atoms with E-state index in [1.165, 1.54) is 6.33 Å². The van der Waals surface area contributed by atoms with Gasteiger partial charge in [0.25, 0.3) is 0 Å².